The first-order valence-electron chi connectivity index (χ1n) is 8.29. The molecule has 152 valence electrons. The lowest BCUT2D eigenvalue weighted by atomic mass is 10.2. The Morgan fingerprint density at radius 3 is 2.24 bits per heavy atom. The minimum absolute atomic E-state index is 0.210. The van der Waals surface area contributed by atoms with Crippen molar-refractivity contribution in [2.45, 2.75) is 25.8 Å². The van der Waals surface area contributed by atoms with Crippen molar-refractivity contribution in [2.75, 3.05) is 5.32 Å². The fourth-order valence-electron chi connectivity index (χ4n) is 2.30. The van der Waals surface area contributed by atoms with Gasteiger partial charge >= 0.3 is 18.1 Å². The number of esters is 2. The molecule has 1 aromatic carbocycles. The molecular formula is C19H15F3N2O5. The maximum absolute atomic E-state index is 12.7. The molecule has 29 heavy (non-hydrogen) atoms. The summed E-state index contributed by atoms with van der Waals surface area (Å²) in [6.07, 6.45) is -3.43. The second-order valence-electron chi connectivity index (χ2n) is 6.37. The zero-order chi connectivity index (χ0) is 21.2. The van der Waals surface area contributed by atoms with Crippen LogP contribution in [0.1, 0.15) is 19.5 Å². The number of ether oxygens (including phenoxy) is 3. The summed E-state index contributed by atoms with van der Waals surface area (Å²) >= 11 is 0. The van der Waals surface area contributed by atoms with E-state index in [2.05, 4.69) is 10.3 Å². The number of halogens is 3. The number of carbonyl (C=O) groups excluding carboxylic acids is 2. The zero-order valence-corrected chi connectivity index (χ0v) is 15.2. The van der Waals surface area contributed by atoms with Gasteiger partial charge in [0, 0.05) is 31.8 Å². The van der Waals surface area contributed by atoms with E-state index in [4.69, 9.17) is 14.2 Å². The smallest absolute Gasteiger partial charge is 0.433 e. The highest BCUT2D eigenvalue weighted by Crippen LogP contribution is 2.30. The first-order valence-corrected chi connectivity index (χ1v) is 8.29. The molecule has 1 aliphatic heterocycles. The van der Waals surface area contributed by atoms with Crippen molar-refractivity contribution in [3.8, 4) is 11.6 Å². The number of anilines is 1. The van der Waals surface area contributed by atoms with Crippen LogP contribution in [0.25, 0.3) is 0 Å². The average molecular weight is 408 g/mol. The predicted octanol–water partition coefficient (Wildman–Crippen LogP) is 4.02. The number of nitrogens with one attached hydrogen (secondary N) is 1. The molecule has 0 amide bonds. The molecule has 3 rings (SSSR count). The molecule has 0 atom stereocenters. The number of hydrogen-bond donors (Lipinski definition) is 1. The van der Waals surface area contributed by atoms with Gasteiger partial charge in [-0.25, -0.2) is 14.6 Å². The largest absolute Gasteiger partial charge is 0.439 e. The number of pyridine rings is 1. The van der Waals surface area contributed by atoms with Gasteiger partial charge in [0.1, 0.15) is 11.4 Å². The van der Waals surface area contributed by atoms with Crippen LogP contribution in [-0.2, 0) is 25.2 Å². The van der Waals surface area contributed by atoms with Crippen LogP contribution in [0.3, 0.4) is 0 Å². The summed E-state index contributed by atoms with van der Waals surface area (Å²) < 4.78 is 53.3. The second-order valence-corrected chi connectivity index (χ2v) is 6.37. The van der Waals surface area contributed by atoms with Gasteiger partial charge in [0.05, 0.1) is 0 Å². The van der Waals surface area contributed by atoms with E-state index in [1.165, 1.54) is 50.2 Å². The van der Waals surface area contributed by atoms with Crippen molar-refractivity contribution < 1.29 is 37.0 Å². The third-order valence-electron chi connectivity index (χ3n) is 3.59. The Morgan fingerprint density at radius 2 is 1.66 bits per heavy atom. The molecule has 0 radical (unpaired) electrons. The molecule has 2 heterocycles. The summed E-state index contributed by atoms with van der Waals surface area (Å²) in [6.45, 7) is 2.87. The van der Waals surface area contributed by atoms with E-state index in [1.54, 1.807) is 0 Å². The fourth-order valence-corrected chi connectivity index (χ4v) is 2.30. The van der Waals surface area contributed by atoms with Gasteiger partial charge in [0.15, 0.2) is 5.57 Å². The first-order chi connectivity index (χ1) is 13.5. The molecule has 1 aliphatic rings. The quantitative estimate of drug-likeness (QED) is 0.464. The van der Waals surface area contributed by atoms with Gasteiger partial charge in [-0.1, -0.05) is 6.07 Å². The van der Waals surface area contributed by atoms with Gasteiger partial charge in [0.2, 0.25) is 5.88 Å². The number of rotatable bonds is 4. The average Bonchev–Trinajstić information content (AvgIpc) is 2.61. The Kier molecular flexibility index (Phi) is 5.19. The van der Waals surface area contributed by atoms with Crippen molar-refractivity contribution in [3.05, 3.63) is 59.9 Å². The van der Waals surface area contributed by atoms with E-state index < -0.39 is 29.6 Å². The molecular weight excluding hydrogens is 393 g/mol. The van der Waals surface area contributed by atoms with Gasteiger partial charge in [-0.2, -0.15) is 13.2 Å². The molecule has 2 aromatic rings. The van der Waals surface area contributed by atoms with Crippen molar-refractivity contribution >= 4 is 17.6 Å². The number of cyclic esters (lactones) is 2. The first kappa shape index (κ1) is 20.2. The van der Waals surface area contributed by atoms with Crippen molar-refractivity contribution in [2.24, 2.45) is 0 Å². The fraction of sp³-hybridized carbons (Fsp3) is 0.211. The number of aromatic nitrogens is 1. The van der Waals surface area contributed by atoms with Gasteiger partial charge in [-0.15, -0.1) is 0 Å². The lowest BCUT2D eigenvalue weighted by Gasteiger charge is -2.29. The Bertz CT molecular complexity index is 947. The molecule has 0 unspecified atom stereocenters. The summed E-state index contributed by atoms with van der Waals surface area (Å²) in [5.74, 6) is -2.95. The molecule has 1 aromatic heterocycles. The van der Waals surface area contributed by atoms with Crippen molar-refractivity contribution in [1.29, 1.82) is 0 Å². The van der Waals surface area contributed by atoms with E-state index in [0.29, 0.717) is 5.69 Å². The number of nitrogens with zero attached hydrogens (tertiary/aromatic N) is 1. The molecule has 1 saturated heterocycles. The Labute approximate surface area is 163 Å². The molecule has 1 fully saturated rings. The number of benzene rings is 1. The highest BCUT2D eigenvalue weighted by atomic mass is 19.4. The Morgan fingerprint density at radius 1 is 1.03 bits per heavy atom. The van der Waals surface area contributed by atoms with Crippen molar-refractivity contribution in [3.63, 3.8) is 0 Å². The Hall–Kier alpha value is -3.56. The van der Waals surface area contributed by atoms with Crippen LogP contribution in [0.2, 0.25) is 0 Å². The van der Waals surface area contributed by atoms with Gasteiger partial charge in [-0.3, -0.25) is 0 Å². The van der Waals surface area contributed by atoms with Crippen LogP contribution >= 0.6 is 0 Å². The summed E-state index contributed by atoms with van der Waals surface area (Å²) in [5, 5.41) is 2.74. The third kappa shape index (κ3) is 5.03. The van der Waals surface area contributed by atoms with Crippen molar-refractivity contribution in [1.82, 2.24) is 4.98 Å². The van der Waals surface area contributed by atoms with E-state index in [9.17, 15) is 22.8 Å². The zero-order valence-electron chi connectivity index (χ0n) is 15.2. The van der Waals surface area contributed by atoms with E-state index in [-0.39, 0.29) is 17.2 Å². The maximum Gasteiger partial charge on any atom is 0.433 e. The minimum Gasteiger partial charge on any atom is -0.439 e. The van der Waals surface area contributed by atoms with E-state index in [1.807, 2.05) is 0 Å². The molecule has 0 aliphatic carbocycles. The monoisotopic (exact) mass is 408 g/mol. The summed E-state index contributed by atoms with van der Waals surface area (Å²) in [5.41, 5.74) is -0.889. The standard InChI is InChI=1S/C19H15F3N2O5/c1-18(2)28-16(25)13(17(26)29-18)10-23-11-6-8-12(9-7-11)27-15-5-3-4-14(24-15)19(20,21)22/h3-10,23H,1-2H3. The van der Waals surface area contributed by atoms with Crippen LogP contribution < -0.4 is 10.1 Å². The van der Waals surface area contributed by atoms with E-state index in [0.717, 1.165) is 12.3 Å². The highest BCUT2D eigenvalue weighted by Gasteiger charge is 2.39. The maximum atomic E-state index is 12.7. The number of hydrogen-bond acceptors (Lipinski definition) is 7. The highest BCUT2D eigenvalue weighted by molar-refractivity contribution is 6.15. The SMILES string of the molecule is CC1(C)OC(=O)C(=CNc2ccc(Oc3cccc(C(F)(F)F)n3)cc2)C(=O)O1. The topological polar surface area (TPSA) is 86.8 Å². The third-order valence-corrected chi connectivity index (χ3v) is 3.59. The molecule has 10 heteroatoms. The number of alkyl halides is 3. The van der Waals surface area contributed by atoms with Gasteiger partial charge in [-0.05, 0) is 30.3 Å². The predicted molar refractivity (Wildman–Crippen MR) is 93.7 cm³/mol. The summed E-state index contributed by atoms with van der Waals surface area (Å²) in [4.78, 5) is 27.1. The van der Waals surface area contributed by atoms with Gasteiger partial charge < -0.3 is 19.5 Å². The van der Waals surface area contributed by atoms with Crippen LogP contribution in [-0.4, -0.2) is 22.7 Å². The van der Waals surface area contributed by atoms with Gasteiger partial charge in [0.25, 0.3) is 5.79 Å². The molecule has 0 bridgehead atoms. The molecule has 0 spiro atoms. The van der Waals surface area contributed by atoms with Crippen LogP contribution in [0.4, 0.5) is 18.9 Å². The van der Waals surface area contributed by atoms with Crippen LogP contribution in [0, 0.1) is 0 Å². The molecule has 1 N–H and O–H groups in total. The minimum atomic E-state index is -4.57. The number of carbonyl (C=O) groups is 2. The summed E-state index contributed by atoms with van der Waals surface area (Å²) in [7, 11) is 0. The summed E-state index contributed by atoms with van der Waals surface area (Å²) in [6, 6.07) is 9.35. The molecule has 0 saturated carbocycles. The molecule has 7 nitrogen and oxygen atoms in total. The lowest BCUT2D eigenvalue weighted by Crippen LogP contribution is -2.42. The lowest BCUT2D eigenvalue weighted by molar-refractivity contribution is -0.222. The van der Waals surface area contributed by atoms with Crippen LogP contribution in [0.15, 0.2) is 54.2 Å². The second kappa shape index (κ2) is 7.46. The Balaban J connectivity index is 1.67. The van der Waals surface area contributed by atoms with E-state index >= 15 is 0 Å². The normalized spacial score (nSPS) is 16.0. The van der Waals surface area contributed by atoms with Crippen LogP contribution in [0.5, 0.6) is 11.6 Å².